The second-order valence-electron chi connectivity index (χ2n) is 4.60. The van der Waals surface area contributed by atoms with Gasteiger partial charge in [-0.15, -0.1) is 5.10 Å². The number of benzene rings is 1. The van der Waals surface area contributed by atoms with E-state index in [0.29, 0.717) is 18.1 Å². The van der Waals surface area contributed by atoms with E-state index in [1.165, 1.54) is 15.8 Å². The fourth-order valence-corrected chi connectivity index (χ4v) is 2.18. The molecule has 0 saturated carbocycles. The highest BCUT2D eigenvalue weighted by molar-refractivity contribution is 6.30. The Balaban J connectivity index is 1.79. The highest BCUT2D eigenvalue weighted by atomic mass is 35.5. The molecule has 1 N–H and O–H groups in total. The zero-order valence-corrected chi connectivity index (χ0v) is 11.7. The number of rotatable bonds is 2. The van der Waals surface area contributed by atoms with Crippen LogP contribution in [0.15, 0.2) is 30.5 Å². The van der Waals surface area contributed by atoms with Gasteiger partial charge in [0.05, 0.1) is 18.4 Å². The quantitative estimate of drug-likeness (QED) is 0.876. The minimum Gasteiger partial charge on any atom is -0.353 e. The van der Waals surface area contributed by atoms with Crippen LogP contribution in [0, 0.1) is 0 Å². The number of amides is 2. The Morgan fingerprint density at radius 3 is 2.76 bits per heavy atom. The number of halogens is 1. The molecule has 2 aromatic rings. The molecule has 7 nitrogen and oxygen atoms in total. The van der Waals surface area contributed by atoms with Crippen LogP contribution in [0.1, 0.15) is 10.5 Å². The van der Waals surface area contributed by atoms with Crippen molar-refractivity contribution in [2.75, 3.05) is 19.6 Å². The molecule has 2 amide bonds. The Morgan fingerprint density at radius 2 is 2.05 bits per heavy atom. The Morgan fingerprint density at radius 1 is 1.29 bits per heavy atom. The van der Waals surface area contributed by atoms with Gasteiger partial charge in [-0.25, -0.2) is 4.68 Å². The molecule has 0 bridgehead atoms. The van der Waals surface area contributed by atoms with E-state index in [0.717, 1.165) is 5.69 Å². The number of piperazine rings is 1. The predicted octanol–water partition coefficient (Wildman–Crippen LogP) is 0.493. The summed E-state index contributed by atoms with van der Waals surface area (Å²) >= 11 is 5.83. The lowest BCUT2D eigenvalue weighted by Gasteiger charge is -2.25. The SMILES string of the molecule is O=C1CN(C(=O)c2cn(-c3ccc(Cl)cc3)nn2)CCN1. The van der Waals surface area contributed by atoms with Crippen LogP contribution < -0.4 is 5.32 Å². The molecule has 3 rings (SSSR count). The maximum Gasteiger partial charge on any atom is 0.276 e. The number of carbonyl (C=O) groups is 2. The van der Waals surface area contributed by atoms with E-state index in [2.05, 4.69) is 15.6 Å². The van der Waals surface area contributed by atoms with Crippen molar-refractivity contribution in [3.05, 3.63) is 41.2 Å². The van der Waals surface area contributed by atoms with E-state index >= 15 is 0 Å². The van der Waals surface area contributed by atoms with Gasteiger partial charge in [-0.2, -0.15) is 0 Å². The maximum absolute atomic E-state index is 12.3. The molecule has 1 saturated heterocycles. The fourth-order valence-electron chi connectivity index (χ4n) is 2.06. The van der Waals surface area contributed by atoms with Gasteiger partial charge in [0.15, 0.2) is 5.69 Å². The van der Waals surface area contributed by atoms with Gasteiger partial charge in [0.1, 0.15) is 0 Å². The first-order valence-electron chi connectivity index (χ1n) is 6.38. The molecule has 1 aromatic carbocycles. The van der Waals surface area contributed by atoms with Gasteiger partial charge in [0.2, 0.25) is 5.91 Å². The first kappa shape index (κ1) is 13.6. The first-order valence-corrected chi connectivity index (χ1v) is 6.75. The van der Waals surface area contributed by atoms with Crippen molar-refractivity contribution in [2.24, 2.45) is 0 Å². The molecule has 0 aliphatic carbocycles. The molecule has 1 fully saturated rings. The molecule has 0 spiro atoms. The van der Waals surface area contributed by atoms with Crippen LogP contribution in [0.4, 0.5) is 0 Å². The molecular weight excluding hydrogens is 294 g/mol. The molecule has 2 heterocycles. The largest absolute Gasteiger partial charge is 0.353 e. The number of nitrogens with one attached hydrogen (secondary N) is 1. The molecule has 0 radical (unpaired) electrons. The first-order chi connectivity index (χ1) is 10.1. The average Bonchev–Trinajstić information content (AvgIpc) is 2.97. The molecule has 21 heavy (non-hydrogen) atoms. The number of hydrogen-bond donors (Lipinski definition) is 1. The summed E-state index contributed by atoms with van der Waals surface area (Å²) in [6, 6.07) is 7.02. The Labute approximate surface area is 125 Å². The van der Waals surface area contributed by atoms with Crippen LogP contribution >= 0.6 is 11.6 Å². The van der Waals surface area contributed by atoms with Gasteiger partial charge in [-0.05, 0) is 24.3 Å². The van der Waals surface area contributed by atoms with Crippen LogP contribution in [0.25, 0.3) is 5.69 Å². The molecule has 1 aromatic heterocycles. The van der Waals surface area contributed by atoms with Gasteiger partial charge in [-0.3, -0.25) is 9.59 Å². The van der Waals surface area contributed by atoms with Crippen molar-refractivity contribution < 1.29 is 9.59 Å². The Hall–Kier alpha value is -2.41. The summed E-state index contributed by atoms with van der Waals surface area (Å²) < 4.78 is 1.49. The van der Waals surface area contributed by atoms with Crippen LogP contribution in [0.3, 0.4) is 0 Å². The smallest absolute Gasteiger partial charge is 0.276 e. The maximum atomic E-state index is 12.3. The lowest BCUT2D eigenvalue weighted by Crippen LogP contribution is -2.50. The van der Waals surface area contributed by atoms with Gasteiger partial charge in [0, 0.05) is 18.1 Å². The van der Waals surface area contributed by atoms with Gasteiger partial charge in [0.25, 0.3) is 5.91 Å². The van der Waals surface area contributed by atoms with Gasteiger partial charge >= 0.3 is 0 Å². The van der Waals surface area contributed by atoms with Crippen molar-refractivity contribution >= 4 is 23.4 Å². The van der Waals surface area contributed by atoms with E-state index < -0.39 is 0 Å². The fraction of sp³-hybridized carbons (Fsp3) is 0.231. The minimum atomic E-state index is -0.301. The minimum absolute atomic E-state index is 0.0483. The zero-order chi connectivity index (χ0) is 14.8. The number of aromatic nitrogens is 3. The van der Waals surface area contributed by atoms with E-state index in [9.17, 15) is 9.59 Å². The van der Waals surface area contributed by atoms with E-state index in [1.54, 1.807) is 24.3 Å². The molecule has 108 valence electrons. The highest BCUT2D eigenvalue weighted by Gasteiger charge is 2.24. The Kier molecular flexibility index (Phi) is 3.57. The van der Waals surface area contributed by atoms with Crippen LogP contribution in [0.2, 0.25) is 5.02 Å². The second-order valence-corrected chi connectivity index (χ2v) is 5.04. The van der Waals surface area contributed by atoms with Crippen LogP contribution in [0.5, 0.6) is 0 Å². The highest BCUT2D eigenvalue weighted by Crippen LogP contribution is 2.13. The average molecular weight is 306 g/mol. The zero-order valence-electron chi connectivity index (χ0n) is 11.0. The van der Waals surface area contributed by atoms with Crippen LogP contribution in [-0.4, -0.2) is 51.3 Å². The molecule has 0 atom stereocenters. The van der Waals surface area contributed by atoms with E-state index in [4.69, 9.17) is 11.6 Å². The Bertz CT molecular complexity index is 682. The molecule has 1 aliphatic heterocycles. The van der Waals surface area contributed by atoms with Crippen molar-refractivity contribution in [3.63, 3.8) is 0 Å². The molecule has 1 aliphatic rings. The standard InChI is InChI=1S/C13H12ClN5O2/c14-9-1-3-10(4-2-9)19-7-11(16-17-19)13(21)18-6-5-15-12(20)8-18/h1-4,7H,5-6,8H2,(H,15,20). The molecule has 0 unspecified atom stereocenters. The van der Waals surface area contributed by atoms with Crippen molar-refractivity contribution in [2.45, 2.75) is 0 Å². The van der Waals surface area contributed by atoms with Gasteiger partial charge < -0.3 is 10.2 Å². The van der Waals surface area contributed by atoms with Crippen LogP contribution in [-0.2, 0) is 4.79 Å². The summed E-state index contributed by atoms with van der Waals surface area (Å²) in [6.07, 6.45) is 1.54. The van der Waals surface area contributed by atoms with E-state index in [1.807, 2.05) is 0 Å². The summed E-state index contributed by atoms with van der Waals surface area (Å²) in [5.74, 6) is -0.468. The van der Waals surface area contributed by atoms with Crippen molar-refractivity contribution in [1.82, 2.24) is 25.2 Å². The topological polar surface area (TPSA) is 80.1 Å². The number of nitrogens with zero attached hydrogens (tertiary/aromatic N) is 4. The molecular formula is C13H12ClN5O2. The predicted molar refractivity (Wildman–Crippen MR) is 75.3 cm³/mol. The summed E-state index contributed by atoms with van der Waals surface area (Å²) in [5, 5.41) is 11.1. The normalized spacial score (nSPS) is 14.9. The summed E-state index contributed by atoms with van der Waals surface area (Å²) in [7, 11) is 0. The number of hydrogen-bond acceptors (Lipinski definition) is 4. The van der Waals surface area contributed by atoms with E-state index in [-0.39, 0.29) is 24.1 Å². The lowest BCUT2D eigenvalue weighted by atomic mass is 10.3. The number of carbonyl (C=O) groups excluding carboxylic acids is 2. The lowest BCUT2D eigenvalue weighted by molar-refractivity contribution is -0.123. The monoisotopic (exact) mass is 305 g/mol. The summed E-state index contributed by atoms with van der Waals surface area (Å²) in [4.78, 5) is 25.0. The third-order valence-corrected chi connectivity index (χ3v) is 3.38. The third-order valence-electron chi connectivity index (χ3n) is 3.13. The summed E-state index contributed by atoms with van der Waals surface area (Å²) in [5.41, 5.74) is 0.960. The summed E-state index contributed by atoms with van der Waals surface area (Å²) in [6.45, 7) is 0.973. The van der Waals surface area contributed by atoms with Crippen molar-refractivity contribution in [3.8, 4) is 5.69 Å². The van der Waals surface area contributed by atoms with Crippen molar-refractivity contribution in [1.29, 1.82) is 0 Å². The van der Waals surface area contributed by atoms with Gasteiger partial charge in [-0.1, -0.05) is 16.8 Å². The molecule has 8 heteroatoms. The third kappa shape index (κ3) is 2.87. The second kappa shape index (κ2) is 5.53.